The predicted octanol–water partition coefficient (Wildman–Crippen LogP) is 0.624. The summed E-state index contributed by atoms with van der Waals surface area (Å²) in [6.07, 6.45) is 0. The zero-order valence-electron chi connectivity index (χ0n) is 8.84. The van der Waals surface area contributed by atoms with Crippen molar-refractivity contribution in [1.29, 1.82) is 5.39 Å². The molecule has 0 heterocycles. The largest absolute Gasteiger partial charge is 1.00 e. The first-order chi connectivity index (χ1) is 7.78. The summed E-state index contributed by atoms with van der Waals surface area (Å²) in [7, 11) is 0. The first-order valence-electron chi connectivity index (χ1n) is 4.79. The van der Waals surface area contributed by atoms with Gasteiger partial charge < -0.3 is 22.8 Å². The van der Waals surface area contributed by atoms with Gasteiger partial charge in [-0.25, -0.2) is 0 Å². The highest BCUT2D eigenvalue weighted by molar-refractivity contribution is 5.62. The van der Waals surface area contributed by atoms with Crippen LogP contribution < -0.4 is 17.7 Å². The molecule has 0 saturated heterocycles. The molecule has 0 aliphatic rings. The lowest BCUT2D eigenvalue weighted by atomic mass is 10.2. The van der Waals surface area contributed by atoms with Gasteiger partial charge in [0, 0.05) is 23.5 Å². The van der Waals surface area contributed by atoms with Gasteiger partial charge in [0.25, 0.3) is 0 Å². The number of diazo groups is 1. The molecular formula is C12H10ClN3O. The molecule has 17 heavy (non-hydrogen) atoms. The molecule has 0 fully saturated rings. The second-order valence-corrected chi connectivity index (χ2v) is 3.32. The minimum atomic E-state index is 0. The van der Waals surface area contributed by atoms with Gasteiger partial charge in [0.2, 0.25) is 5.39 Å². The zero-order chi connectivity index (χ0) is 11.4. The van der Waals surface area contributed by atoms with Crippen molar-refractivity contribution in [2.45, 2.75) is 0 Å². The third kappa shape index (κ3) is 3.37. The predicted molar refractivity (Wildman–Crippen MR) is 62.6 cm³/mol. The van der Waals surface area contributed by atoms with Crippen molar-refractivity contribution in [2.75, 3.05) is 5.32 Å². The molecule has 0 radical (unpaired) electrons. The van der Waals surface area contributed by atoms with Crippen LogP contribution >= 0.6 is 0 Å². The third-order valence-corrected chi connectivity index (χ3v) is 2.14. The average molecular weight is 248 g/mol. The monoisotopic (exact) mass is 247 g/mol. The summed E-state index contributed by atoms with van der Waals surface area (Å²) in [5.41, 5.74) is 2.28. The number of phenols is 1. The molecule has 0 aliphatic carbocycles. The van der Waals surface area contributed by atoms with Crippen LogP contribution in [0.1, 0.15) is 0 Å². The van der Waals surface area contributed by atoms with Gasteiger partial charge in [-0.3, -0.25) is 0 Å². The van der Waals surface area contributed by atoms with E-state index in [0.29, 0.717) is 5.69 Å². The van der Waals surface area contributed by atoms with Crippen molar-refractivity contribution in [2.24, 2.45) is 0 Å². The standard InChI is InChI=1S/C12H9N3O.ClH/c13-15-11-3-1-9(2-4-11)14-10-5-7-12(16)8-6-10;/h1-8,13H;1H. The average Bonchev–Trinajstić information content (AvgIpc) is 2.33. The Morgan fingerprint density at radius 2 is 1.35 bits per heavy atom. The van der Waals surface area contributed by atoms with Crippen molar-refractivity contribution < 1.29 is 17.5 Å². The number of anilines is 2. The van der Waals surface area contributed by atoms with Gasteiger partial charge in [-0.2, -0.15) is 0 Å². The van der Waals surface area contributed by atoms with E-state index in [-0.39, 0.29) is 18.2 Å². The summed E-state index contributed by atoms with van der Waals surface area (Å²) in [6, 6.07) is 13.8. The highest BCUT2D eigenvalue weighted by Gasteiger charge is 2.02. The van der Waals surface area contributed by atoms with Gasteiger partial charge in [0.1, 0.15) is 5.75 Å². The molecule has 4 nitrogen and oxygen atoms in total. The van der Waals surface area contributed by atoms with Crippen LogP contribution in [0.2, 0.25) is 0 Å². The van der Waals surface area contributed by atoms with Crippen molar-refractivity contribution in [3.8, 4) is 5.75 Å². The highest BCUT2D eigenvalue weighted by Crippen LogP contribution is 2.21. The second-order valence-electron chi connectivity index (χ2n) is 3.32. The SMILES string of the molecule is N#[N+]c1ccc(Nc2ccc(O)cc2)cc1.[Cl-]. The number of aromatic hydroxyl groups is 1. The molecule has 0 aromatic heterocycles. The number of hydrogen-bond donors (Lipinski definition) is 2. The lowest BCUT2D eigenvalue weighted by Gasteiger charge is -2.04. The van der Waals surface area contributed by atoms with Crippen LogP contribution in [0.3, 0.4) is 0 Å². The summed E-state index contributed by atoms with van der Waals surface area (Å²) in [6.45, 7) is 0. The van der Waals surface area contributed by atoms with E-state index in [4.69, 9.17) is 10.5 Å². The van der Waals surface area contributed by atoms with E-state index in [1.807, 2.05) is 12.1 Å². The molecule has 0 atom stereocenters. The van der Waals surface area contributed by atoms with Crippen molar-refractivity contribution in [3.63, 3.8) is 0 Å². The Morgan fingerprint density at radius 3 is 1.82 bits per heavy atom. The molecule has 2 N–H and O–H groups in total. The Labute approximate surface area is 105 Å². The maximum atomic E-state index is 9.12. The first-order valence-corrected chi connectivity index (χ1v) is 4.79. The van der Waals surface area contributed by atoms with Crippen molar-refractivity contribution in [3.05, 3.63) is 53.5 Å². The lowest BCUT2D eigenvalue weighted by Crippen LogP contribution is -3.00. The van der Waals surface area contributed by atoms with Crippen LogP contribution in [0.5, 0.6) is 5.75 Å². The molecule has 0 spiro atoms. The number of phenolic OH excluding ortho intramolecular Hbond substituents is 1. The molecule has 2 rings (SSSR count). The highest BCUT2D eigenvalue weighted by atomic mass is 35.5. The molecule has 2 aromatic carbocycles. The fourth-order valence-corrected chi connectivity index (χ4v) is 1.32. The van der Waals surface area contributed by atoms with Crippen LogP contribution in [0.25, 0.3) is 4.98 Å². The fraction of sp³-hybridized carbons (Fsp3) is 0. The summed E-state index contributed by atoms with van der Waals surface area (Å²) in [5.74, 6) is 0.236. The Hall–Kier alpha value is -2.25. The van der Waals surface area contributed by atoms with E-state index in [1.165, 1.54) is 0 Å². The summed E-state index contributed by atoms with van der Waals surface area (Å²) in [5, 5.41) is 20.8. The molecular weight excluding hydrogens is 238 g/mol. The van der Waals surface area contributed by atoms with Gasteiger partial charge >= 0.3 is 5.69 Å². The molecule has 0 aliphatic heterocycles. The molecule has 0 unspecified atom stereocenters. The van der Waals surface area contributed by atoms with Gasteiger partial charge in [-0.05, 0) is 36.4 Å². The minimum absolute atomic E-state index is 0. The van der Waals surface area contributed by atoms with Gasteiger partial charge in [-0.15, -0.1) is 0 Å². The first kappa shape index (κ1) is 12.8. The maximum Gasteiger partial charge on any atom is 0.385 e. The number of benzene rings is 2. The molecule has 0 saturated carbocycles. The van der Waals surface area contributed by atoms with Crippen LogP contribution in [0, 0.1) is 5.39 Å². The Kier molecular flexibility index (Phi) is 4.32. The fourth-order valence-electron chi connectivity index (χ4n) is 1.32. The number of hydrogen-bond acceptors (Lipinski definition) is 3. The maximum absolute atomic E-state index is 9.12. The number of rotatable bonds is 2. The zero-order valence-corrected chi connectivity index (χ0v) is 9.59. The van der Waals surface area contributed by atoms with Crippen LogP contribution in [0.4, 0.5) is 17.1 Å². The number of halogens is 1. The van der Waals surface area contributed by atoms with Crippen LogP contribution in [0.15, 0.2) is 48.5 Å². The molecule has 86 valence electrons. The topological polar surface area (TPSA) is 60.4 Å². The normalized spacial score (nSPS) is 8.88. The molecule has 0 bridgehead atoms. The van der Waals surface area contributed by atoms with Crippen LogP contribution in [-0.2, 0) is 0 Å². The van der Waals surface area contributed by atoms with E-state index in [1.54, 1.807) is 36.4 Å². The minimum Gasteiger partial charge on any atom is -1.00 e. The third-order valence-electron chi connectivity index (χ3n) is 2.14. The molecule has 2 aromatic rings. The van der Waals surface area contributed by atoms with Crippen molar-refractivity contribution >= 4 is 17.1 Å². The lowest BCUT2D eigenvalue weighted by molar-refractivity contribution is -0.00000444. The van der Waals surface area contributed by atoms with Crippen LogP contribution in [-0.4, -0.2) is 5.11 Å². The van der Waals surface area contributed by atoms with E-state index >= 15 is 0 Å². The Bertz CT molecular complexity index is 517. The summed E-state index contributed by atoms with van der Waals surface area (Å²) < 4.78 is 0. The second kappa shape index (κ2) is 5.73. The van der Waals surface area contributed by atoms with E-state index in [0.717, 1.165) is 11.4 Å². The summed E-state index contributed by atoms with van der Waals surface area (Å²) >= 11 is 0. The van der Waals surface area contributed by atoms with Gasteiger partial charge in [0.05, 0.1) is 0 Å². The van der Waals surface area contributed by atoms with E-state index in [9.17, 15) is 0 Å². The van der Waals surface area contributed by atoms with Gasteiger partial charge in [-0.1, -0.05) is 0 Å². The smallest absolute Gasteiger partial charge is 0.385 e. The quantitative estimate of drug-likeness (QED) is 0.604. The van der Waals surface area contributed by atoms with E-state index in [2.05, 4.69) is 10.3 Å². The Balaban J connectivity index is 0.00000144. The summed E-state index contributed by atoms with van der Waals surface area (Å²) in [4.78, 5) is 3.07. The number of nitrogens with one attached hydrogen (secondary N) is 1. The van der Waals surface area contributed by atoms with E-state index < -0.39 is 0 Å². The molecule has 0 amide bonds. The van der Waals surface area contributed by atoms with Gasteiger partial charge in [0.15, 0.2) is 4.98 Å². The Morgan fingerprint density at radius 1 is 0.882 bits per heavy atom. The number of nitrogens with zero attached hydrogens (tertiary/aromatic N) is 2. The molecule has 5 heteroatoms. The van der Waals surface area contributed by atoms with Crippen molar-refractivity contribution in [1.82, 2.24) is 0 Å².